The van der Waals surface area contributed by atoms with Crippen molar-refractivity contribution in [3.63, 3.8) is 0 Å². The molecule has 0 atom stereocenters. The molecule has 0 saturated carbocycles. The van der Waals surface area contributed by atoms with Crippen molar-refractivity contribution < 1.29 is 28.6 Å². The average Bonchev–Trinajstić information content (AvgIpc) is 3.27. The van der Waals surface area contributed by atoms with Gasteiger partial charge in [0.25, 0.3) is 5.91 Å². The molecule has 37 heavy (non-hydrogen) atoms. The Kier molecular flexibility index (Phi) is 9.90. The van der Waals surface area contributed by atoms with Crippen LogP contribution in [0.5, 0.6) is 11.5 Å². The number of nitrogens with zero attached hydrogens (tertiary/aromatic N) is 3. The lowest BCUT2D eigenvalue weighted by Crippen LogP contribution is -2.24. The summed E-state index contributed by atoms with van der Waals surface area (Å²) in [6.45, 7) is 2.40. The molecule has 2 aromatic carbocycles. The van der Waals surface area contributed by atoms with Gasteiger partial charge in [0.2, 0.25) is 5.91 Å². The monoisotopic (exact) mass is 527 g/mol. The van der Waals surface area contributed by atoms with Gasteiger partial charge >= 0.3 is 5.97 Å². The van der Waals surface area contributed by atoms with E-state index in [4.69, 9.17) is 14.2 Å². The lowest BCUT2D eigenvalue weighted by atomic mass is 10.2. The van der Waals surface area contributed by atoms with E-state index < -0.39 is 5.97 Å². The first-order valence-corrected chi connectivity index (χ1v) is 12.4. The maximum absolute atomic E-state index is 12.6. The van der Waals surface area contributed by atoms with E-state index >= 15 is 0 Å². The number of esters is 1. The Hall–Kier alpha value is -4.06. The van der Waals surface area contributed by atoms with Gasteiger partial charge in [-0.1, -0.05) is 24.8 Å². The molecule has 3 rings (SSSR count). The van der Waals surface area contributed by atoms with Crippen molar-refractivity contribution >= 4 is 35.2 Å². The first-order valence-electron chi connectivity index (χ1n) is 11.4. The second-order valence-electron chi connectivity index (χ2n) is 7.76. The molecule has 0 unspecified atom stereocenters. The van der Waals surface area contributed by atoms with Crippen LogP contribution in [-0.2, 0) is 23.1 Å². The quantitative estimate of drug-likeness (QED) is 0.269. The highest BCUT2D eigenvalue weighted by atomic mass is 32.2. The van der Waals surface area contributed by atoms with Gasteiger partial charge in [0.15, 0.2) is 22.5 Å². The number of ether oxygens (including phenoxy) is 3. The van der Waals surface area contributed by atoms with Crippen LogP contribution in [0.4, 0.5) is 5.69 Å². The fraction of sp³-hybridized carbons (Fsp3) is 0.320. The van der Waals surface area contributed by atoms with Crippen molar-refractivity contribution in [2.75, 3.05) is 31.9 Å². The third-order valence-electron chi connectivity index (χ3n) is 5.13. The van der Waals surface area contributed by atoms with Gasteiger partial charge in [-0.25, -0.2) is 4.79 Å². The smallest absolute Gasteiger partial charge is 0.338 e. The molecule has 0 aliphatic carbocycles. The fourth-order valence-corrected chi connectivity index (χ4v) is 3.92. The van der Waals surface area contributed by atoms with Crippen LogP contribution in [0.3, 0.4) is 0 Å². The zero-order valence-electron chi connectivity index (χ0n) is 21.1. The number of hydrogen-bond acceptors (Lipinski definition) is 9. The first kappa shape index (κ1) is 27.5. The highest BCUT2D eigenvalue weighted by Gasteiger charge is 2.15. The van der Waals surface area contributed by atoms with E-state index in [1.54, 1.807) is 54.1 Å². The molecule has 1 aromatic heterocycles. The van der Waals surface area contributed by atoms with Crippen LogP contribution < -0.4 is 20.1 Å². The Bertz CT molecular complexity index is 1260. The SMILES string of the molecule is CCCOC(=O)c1cccc(NC(=O)CSc2nnc(CNC(=O)c3ccc(OC)c(OC)c3)n2C)c1. The highest BCUT2D eigenvalue weighted by molar-refractivity contribution is 7.99. The Morgan fingerprint density at radius 2 is 1.78 bits per heavy atom. The fourth-order valence-electron chi connectivity index (χ4n) is 3.19. The normalized spacial score (nSPS) is 10.5. The average molecular weight is 528 g/mol. The molecule has 0 fully saturated rings. The molecule has 3 aromatic rings. The molecule has 0 aliphatic rings. The molecule has 2 amide bonds. The maximum Gasteiger partial charge on any atom is 0.338 e. The Morgan fingerprint density at radius 1 is 1.00 bits per heavy atom. The predicted molar refractivity (Wildman–Crippen MR) is 138 cm³/mol. The van der Waals surface area contributed by atoms with Crippen LogP contribution >= 0.6 is 11.8 Å². The molecule has 11 nitrogen and oxygen atoms in total. The van der Waals surface area contributed by atoms with Crippen LogP contribution in [0.25, 0.3) is 0 Å². The van der Waals surface area contributed by atoms with Gasteiger partial charge in [0.05, 0.1) is 38.7 Å². The zero-order chi connectivity index (χ0) is 26.8. The third-order valence-corrected chi connectivity index (χ3v) is 6.15. The van der Waals surface area contributed by atoms with Gasteiger partial charge in [0.1, 0.15) is 0 Å². The summed E-state index contributed by atoms with van der Waals surface area (Å²) in [6, 6.07) is 11.5. The number of carbonyl (C=O) groups is 3. The lowest BCUT2D eigenvalue weighted by molar-refractivity contribution is -0.113. The molecule has 0 aliphatic heterocycles. The lowest BCUT2D eigenvalue weighted by Gasteiger charge is -2.10. The summed E-state index contributed by atoms with van der Waals surface area (Å²) in [6.07, 6.45) is 0.730. The van der Waals surface area contributed by atoms with Crippen molar-refractivity contribution in [3.8, 4) is 11.5 Å². The number of amides is 2. The van der Waals surface area contributed by atoms with Crippen LogP contribution in [0.15, 0.2) is 47.6 Å². The van der Waals surface area contributed by atoms with Crippen LogP contribution in [0, 0.1) is 0 Å². The third kappa shape index (κ3) is 7.46. The molecule has 2 N–H and O–H groups in total. The maximum atomic E-state index is 12.6. The highest BCUT2D eigenvalue weighted by Crippen LogP contribution is 2.27. The minimum atomic E-state index is -0.433. The number of benzene rings is 2. The molecule has 12 heteroatoms. The van der Waals surface area contributed by atoms with Gasteiger partial charge in [0, 0.05) is 18.3 Å². The summed E-state index contributed by atoms with van der Waals surface area (Å²) < 4.78 is 17.3. The Balaban J connectivity index is 1.52. The standard InChI is InChI=1S/C25H29N5O6S/c1-5-11-36-24(33)17-7-6-8-18(12-17)27-22(31)15-37-25-29-28-21(30(25)2)14-26-23(32)16-9-10-19(34-3)20(13-16)35-4/h6-10,12-13H,5,11,14-15H2,1-4H3,(H,26,32)(H,27,31). The van der Waals surface area contributed by atoms with Crippen LogP contribution in [0.1, 0.15) is 39.9 Å². The van der Waals surface area contributed by atoms with Crippen LogP contribution in [0.2, 0.25) is 0 Å². The number of aromatic nitrogens is 3. The second kappa shape index (κ2) is 13.3. The molecule has 0 radical (unpaired) electrons. The molecule has 0 bridgehead atoms. The van der Waals surface area contributed by atoms with E-state index in [2.05, 4.69) is 20.8 Å². The number of thioether (sulfide) groups is 1. The minimum absolute atomic E-state index is 0.0779. The molecular formula is C25H29N5O6S. The summed E-state index contributed by atoms with van der Waals surface area (Å²) in [4.78, 5) is 37.0. The van der Waals surface area contributed by atoms with Crippen molar-refractivity contribution in [1.82, 2.24) is 20.1 Å². The summed E-state index contributed by atoms with van der Waals surface area (Å²) in [5, 5.41) is 14.3. The number of anilines is 1. The van der Waals surface area contributed by atoms with Gasteiger partial charge < -0.3 is 29.4 Å². The van der Waals surface area contributed by atoms with Crippen molar-refractivity contribution in [1.29, 1.82) is 0 Å². The topological polar surface area (TPSA) is 134 Å². The second-order valence-corrected chi connectivity index (χ2v) is 8.71. The number of carbonyl (C=O) groups excluding carboxylic acids is 3. The molecular weight excluding hydrogens is 498 g/mol. The number of nitrogens with one attached hydrogen (secondary N) is 2. The van der Waals surface area contributed by atoms with E-state index in [9.17, 15) is 14.4 Å². The summed E-state index contributed by atoms with van der Waals surface area (Å²) in [5.74, 6) is 0.573. The minimum Gasteiger partial charge on any atom is -0.493 e. The van der Waals surface area contributed by atoms with E-state index in [-0.39, 0.29) is 24.1 Å². The van der Waals surface area contributed by atoms with Gasteiger partial charge in [-0.15, -0.1) is 10.2 Å². The van der Waals surface area contributed by atoms with Crippen LogP contribution in [-0.4, -0.2) is 59.1 Å². The van der Waals surface area contributed by atoms with E-state index in [1.807, 2.05) is 6.92 Å². The molecule has 0 saturated heterocycles. The number of rotatable bonds is 12. The summed E-state index contributed by atoms with van der Waals surface area (Å²) in [7, 11) is 4.78. The zero-order valence-corrected chi connectivity index (χ0v) is 21.9. The van der Waals surface area contributed by atoms with Crippen molar-refractivity contribution in [2.45, 2.75) is 25.0 Å². The van der Waals surface area contributed by atoms with Crippen molar-refractivity contribution in [3.05, 3.63) is 59.4 Å². The number of hydrogen-bond donors (Lipinski definition) is 2. The Labute approximate surface area is 218 Å². The summed E-state index contributed by atoms with van der Waals surface area (Å²) >= 11 is 1.20. The predicted octanol–water partition coefficient (Wildman–Crippen LogP) is 3.06. The molecule has 0 spiro atoms. The molecule has 196 valence electrons. The summed E-state index contributed by atoms with van der Waals surface area (Å²) in [5.41, 5.74) is 1.27. The number of methoxy groups -OCH3 is 2. The largest absolute Gasteiger partial charge is 0.493 e. The first-order chi connectivity index (χ1) is 17.9. The van der Waals surface area contributed by atoms with Gasteiger partial charge in [-0.3, -0.25) is 9.59 Å². The molecule has 1 heterocycles. The van der Waals surface area contributed by atoms with Gasteiger partial charge in [-0.2, -0.15) is 0 Å². The van der Waals surface area contributed by atoms with Gasteiger partial charge in [-0.05, 0) is 42.8 Å². The van der Waals surface area contributed by atoms with E-state index in [0.29, 0.717) is 45.9 Å². The van der Waals surface area contributed by atoms with Crippen molar-refractivity contribution in [2.24, 2.45) is 7.05 Å². The van der Waals surface area contributed by atoms with E-state index in [0.717, 1.165) is 6.42 Å². The Morgan fingerprint density at radius 3 is 2.51 bits per heavy atom. The van der Waals surface area contributed by atoms with E-state index in [1.165, 1.54) is 26.0 Å².